The predicted molar refractivity (Wildman–Crippen MR) is 66.2 cm³/mol. The molecule has 78 valence electrons. The molecule has 0 atom stereocenters. The van der Waals surface area contributed by atoms with Crippen LogP contribution in [0.1, 0.15) is 25.5 Å². The second-order valence-electron chi connectivity index (χ2n) is 4.38. The van der Waals surface area contributed by atoms with Crippen molar-refractivity contribution in [2.24, 2.45) is 0 Å². The fourth-order valence-electron chi connectivity index (χ4n) is 2.48. The van der Waals surface area contributed by atoms with Crippen molar-refractivity contribution in [3.8, 4) is 0 Å². The fourth-order valence-corrected chi connectivity index (χ4v) is 2.48. The number of nitrogens with one attached hydrogen (secondary N) is 1. The number of fused-ring (bicyclic) bond motifs is 3. The standard InChI is InChI=1S/C14H15N.H2/c1-10-6-8-12-11-4-2-3-5-13(11)15-14(12)9-7-10;/h2-5,15H,1,6-9H2;1H. The molecule has 0 fully saturated rings. The SMILES string of the molecule is C=C1CCc2[nH]c3ccccc3c2CC1.[HH]. The molecule has 0 saturated carbocycles. The van der Waals surface area contributed by atoms with E-state index in [1.807, 2.05) is 0 Å². The van der Waals surface area contributed by atoms with Crippen molar-refractivity contribution in [1.29, 1.82) is 0 Å². The predicted octanol–water partition coefficient (Wildman–Crippen LogP) is 3.85. The highest BCUT2D eigenvalue weighted by Crippen LogP contribution is 2.29. The first kappa shape index (κ1) is 8.78. The summed E-state index contributed by atoms with van der Waals surface area (Å²) in [4.78, 5) is 3.54. The molecule has 1 heteroatoms. The highest BCUT2D eigenvalue weighted by Gasteiger charge is 2.14. The summed E-state index contributed by atoms with van der Waals surface area (Å²) in [5.74, 6) is 0. The van der Waals surface area contributed by atoms with Crippen molar-refractivity contribution in [2.75, 3.05) is 0 Å². The highest BCUT2D eigenvalue weighted by atomic mass is 14.7. The third kappa shape index (κ3) is 1.39. The van der Waals surface area contributed by atoms with Crippen LogP contribution in [0.3, 0.4) is 0 Å². The lowest BCUT2D eigenvalue weighted by atomic mass is 10.1. The van der Waals surface area contributed by atoms with Crippen molar-refractivity contribution >= 4 is 10.9 Å². The number of H-pyrrole nitrogens is 1. The Kier molecular flexibility index (Phi) is 1.91. The Hall–Kier alpha value is -1.50. The smallest absolute Gasteiger partial charge is 0.0458 e. The number of para-hydroxylation sites is 1. The molecule has 0 amide bonds. The molecule has 0 radical (unpaired) electrons. The first-order chi connectivity index (χ1) is 7.34. The minimum absolute atomic E-state index is 0. The second kappa shape index (κ2) is 3.27. The van der Waals surface area contributed by atoms with Gasteiger partial charge in [0, 0.05) is 18.0 Å². The van der Waals surface area contributed by atoms with Gasteiger partial charge in [-0.2, -0.15) is 0 Å². The maximum atomic E-state index is 4.10. The molecule has 2 aromatic rings. The van der Waals surface area contributed by atoms with E-state index < -0.39 is 0 Å². The number of allylic oxidation sites excluding steroid dienone is 1. The molecule has 3 rings (SSSR count). The van der Waals surface area contributed by atoms with E-state index in [2.05, 4.69) is 35.8 Å². The van der Waals surface area contributed by atoms with Gasteiger partial charge in [0.25, 0.3) is 0 Å². The first-order valence-electron chi connectivity index (χ1n) is 5.60. The van der Waals surface area contributed by atoms with Crippen LogP contribution in [0.25, 0.3) is 10.9 Å². The zero-order chi connectivity index (χ0) is 10.3. The fraction of sp³-hybridized carbons (Fsp3) is 0.286. The van der Waals surface area contributed by atoms with Gasteiger partial charge in [0.05, 0.1) is 0 Å². The Morgan fingerprint density at radius 1 is 1.07 bits per heavy atom. The molecule has 1 aliphatic rings. The molecule has 1 aromatic carbocycles. The number of hydrogen-bond donors (Lipinski definition) is 1. The van der Waals surface area contributed by atoms with Gasteiger partial charge in [-0.05, 0) is 37.3 Å². The van der Waals surface area contributed by atoms with Crippen LogP contribution in [0.15, 0.2) is 36.4 Å². The normalized spacial score (nSPS) is 16.4. The van der Waals surface area contributed by atoms with Gasteiger partial charge in [-0.1, -0.05) is 30.4 Å². The van der Waals surface area contributed by atoms with Gasteiger partial charge in [0.15, 0.2) is 0 Å². The highest BCUT2D eigenvalue weighted by molar-refractivity contribution is 5.84. The molecule has 0 saturated heterocycles. The molecular weight excluding hydrogens is 182 g/mol. The molecular formula is C14H17N. The van der Waals surface area contributed by atoms with E-state index in [0.717, 1.165) is 25.7 Å². The van der Waals surface area contributed by atoms with Crippen LogP contribution in [-0.4, -0.2) is 4.98 Å². The van der Waals surface area contributed by atoms with Crippen LogP contribution < -0.4 is 0 Å². The number of aryl methyl sites for hydroxylation is 2. The Morgan fingerprint density at radius 3 is 2.80 bits per heavy atom. The third-order valence-corrected chi connectivity index (χ3v) is 3.36. The summed E-state index contributed by atoms with van der Waals surface area (Å²) in [7, 11) is 0. The monoisotopic (exact) mass is 199 g/mol. The lowest BCUT2D eigenvalue weighted by Crippen LogP contribution is -1.86. The van der Waals surface area contributed by atoms with Gasteiger partial charge in [0.1, 0.15) is 0 Å². The van der Waals surface area contributed by atoms with Crippen LogP contribution in [-0.2, 0) is 12.8 Å². The summed E-state index contributed by atoms with van der Waals surface area (Å²) in [6, 6.07) is 8.60. The summed E-state index contributed by atoms with van der Waals surface area (Å²) >= 11 is 0. The van der Waals surface area contributed by atoms with Crippen LogP contribution in [0.4, 0.5) is 0 Å². The maximum absolute atomic E-state index is 4.10. The van der Waals surface area contributed by atoms with Gasteiger partial charge < -0.3 is 4.98 Å². The summed E-state index contributed by atoms with van der Waals surface area (Å²) in [6.07, 6.45) is 4.57. The summed E-state index contributed by atoms with van der Waals surface area (Å²) < 4.78 is 0. The largest absolute Gasteiger partial charge is 0.358 e. The first-order valence-corrected chi connectivity index (χ1v) is 5.60. The van der Waals surface area contributed by atoms with Crippen LogP contribution in [0.2, 0.25) is 0 Å². The van der Waals surface area contributed by atoms with Crippen LogP contribution >= 0.6 is 0 Å². The minimum Gasteiger partial charge on any atom is -0.358 e. The van der Waals surface area contributed by atoms with E-state index in [1.165, 1.54) is 27.7 Å². The number of rotatable bonds is 0. The molecule has 1 aliphatic carbocycles. The molecule has 1 nitrogen and oxygen atoms in total. The Labute approximate surface area is 91.3 Å². The number of benzene rings is 1. The number of aromatic amines is 1. The van der Waals surface area contributed by atoms with Gasteiger partial charge in [-0.15, -0.1) is 0 Å². The van der Waals surface area contributed by atoms with E-state index in [0.29, 0.717) is 0 Å². The molecule has 0 bridgehead atoms. The molecule has 0 unspecified atom stereocenters. The summed E-state index contributed by atoms with van der Waals surface area (Å²) in [5.41, 5.74) is 5.62. The van der Waals surface area contributed by atoms with Crippen molar-refractivity contribution in [3.63, 3.8) is 0 Å². The van der Waals surface area contributed by atoms with E-state index in [4.69, 9.17) is 0 Å². The van der Waals surface area contributed by atoms with Crippen LogP contribution in [0.5, 0.6) is 0 Å². The summed E-state index contributed by atoms with van der Waals surface area (Å²) in [5, 5.41) is 1.40. The van der Waals surface area contributed by atoms with Gasteiger partial charge in [-0.25, -0.2) is 0 Å². The molecule has 1 aromatic heterocycles. The average Bonchev–Trinajstić information content (AvgIpc) is 2.51. The Bertz CT molecular complexity index is 525. The minimum atomic E-state index is 0. The van der Waals surface area contributed by atoms with Crippen molar-refractivity contribution in [3.05, 3.63) is 47.7 Å². The summed E-state index contributed by atoms with van der Waals surface area (Å²) in [6.45, 7) is 4.10. The van der Waals surface area contributed by atoms with Gasteiger partial charge in [-0.3, -0.25) is 0 Å². The number of aromatic nitrogens is 1. The van der Waals surface area contributed by atoms with E-state index in [9.17, 15) is 0 Å². The maximum Gasteiger partial charge on any atom is 0.0458 e. The Morgan fingerprint density at radius 2 is 1.87 bits per heavy atom. The lowest BCUT2D eigenvalue weighted by molar-refractivity contribution is 0.887. The molecule has 15 heavy (non-hydrogen) atoms. The van der Waals surface area contributed by atoms with Crippen molar-refractivity contribution in [1.82, 2.24) is 4.98 Å². The Balaban J connectivity index is 0.000000963. The average molecular weight is 199 g/mol. The van der Waals surface area contributed by atoms with Crippen molar-refractivity contribution < 1.29 is 1.43 Å². The molecule has 1 N–H and O–H groups in total. The molecule has 1 heterocycles. The quantitative estimate of drug-likeness (QED) is 0.490. The zero-order valence-electron chi connectivity index (χ0n) is 8.84. The zero-order valence-corrected chi connectivity index (χ0v) is 8.84. The second-order valence-corrected chi connectivity index (χ2v) is 4.38. The molecule has 0 aliphatic heterocycles. The van der Waals surface area contributed by atoms with Crippen LogP contribution in [0, 0.1) is 0 Å². The third-order valence-electron chi connectivity index (χ3n) is 3.36. The van der Waals surface area contributed by atoms with E-state index in [1.54, 1.807) is 0 Å². The number of hydrogen-bond acceptors (Lipinski definition) is 0. The molecule has 0 spiro atoms. The van der Waals surface area contributed by atoms with Crippen molar-refractivity contribution in [2.45, 2.75) is 25.7 Å². The van der Waals surface area contributed by atoms with E-state index in [-0.39, 0.29) is 1.43 Å². The topological polar surface area (TPSA) is 15.8 Å². The lowest BCUT2D eigenvalue weighted by Gasteiger charge is -1.98. The van der Waals surface area contributed by atoms with E-state index >= 15 is 0 Å². The van der Waals surface area contributed by atoms with Gasteiger partial charge >= 0.3 is 0 Å². The van der Waals surface area contributed by atoms with Gasteiger partial charge in [0.2, 0.25) is 0 Å².